The highest BCUT2D eigenvalue weighted by molar-refractivity contribution is 7.80. The van der Waals surface area contributed by atoms with Gasteiger partial charge in [0.2, 0.25) is 5.91 Å². The lowest BCUT2D eigenvalue weighted by Crippen LogP contribution is -2.21. The number of nitrogens with zero attached hydrogens (tertiary/aromatic N) is 15. The summed E-state index contributed by atoms with van der Waals surface area (Å²) in [6.07, 6.45) is 2.09. The Morgan fingerprint density at radius 1 is 0.435 bits per heavy atom. The second-order valence-electron chi connectivity index (χ2n) is 24.8. The van der Waals surface area contributed by atoms with E-state index in [4.69, 9.17) is 138 Å². The highest BCUT2D eigenvalue weighted by Crippen LogP contribution is 2.33. The van der Waals surface area contributed by atoms with E-state index >= 15 is 0 Å². The Morgan fingerprint density at radius 3 is 0.992 bits per heavy atom. The van der Waals surface area contributed by atoms with Crippen LogP contribution in [0.15, 0.2) is 226 Å². The molecular weight excluding hydrogens is 1820 g/mol. The van der Waals surface area contributed by atoms with Gasteiger partial charge >= 0.3 is 0 Å². The van der Waals surface area contributed by atoms with Crippen LogP contribution in [0.3, 0.4) is 0 Å². The third-order valence-corrected chi connectivity index (χ3v) is 24.4. The van der Waals surface area contributed by atoms with Crippen molar-refractivity contribution in [3.05, 3.63) is 364 Å². The quantitative estimate of drug-likeness (QED) is 0.00565. The van der Waals surface area contributed by atoms with E-state index in [0.29, 0.717) is 107 Å². The molecule has 0 aliphatic heterocycles. The van der Waals surface area contributed by atoms with Crippen molar-refractivity contribution in [2.45, 2.75) is 44.7 Å². The maximum atomic E-state index is 12.2. The zero-order chi connectivity index (χ0) is 89.9. The topological polar surface area (TPSA) is 313 Å². The lowest BCUT2D eigenvalue weighted by Gasteiger charge is -2.13. The number of thiazole rings is 5. The molecular formula is C88H68Cl5N19O4S8. The molecule has 7 aromatic carbocycles. The van der Waals surface area contributed by atoms with Gasteiger partial charge in [-0.15, -0.1) is 114 Å². The highest BCUT2D eigenvalue weighted by Gasteiger charge is 2.16. The number of ketones is 3. The van der Waals surface area contributed by atoms with Crippen LogP contribution in [0.1, 0.15) is 82.1 Å². The summed E-state index contributed by atoms with van der Waals surface area (Å²) < 4.78 is 1.27. The second-order valence-corrected chi connectivity index (χ2v) is 33.8. The smallest absolute Gasteiger partial charge is 0.248 e. The molecule has 0 saturated carbocycles. The van der Waals surface area contributed by atoms with Gasteiger partial charge in [0.15, 0.2) is 51.5 Å². The van der Waals surface area contributed by atoms with Gasteiger partial charge in [0, 0.05) is 110 Å². The van der Waals surface area contributed by atoms with E-state index in [1.807, 2.05) is 114 Å². The van der Waals surface area contributed by atoms with Crippen LogP contribution in [0.4, 0.5) is 34.1 Å². The molecule has 14 rings (SSSR count). The monoisotopic (exact) mass is 1890 g/mol. The molecule has 0 spiro atoms. The summed E-state index contributed by atoms with van der Waals surface area (Å²) >= 11 is 42.6. The third kappa shape index (κ3) is 32.8. The SMILES string of the molecule is CN(C)C(=N)c1ccc(-c2nc(CCC(=O)c3ccc(Cl)s3)cs2)cc1.O=C(CCl)CCl.[C-]#[N+]c1ccc(-c2nc(CCC(=O)c3ccc(Cl)s3)cs2)cc1.[C-]#[N+]c1ccc(-c2nc(CCl)cs2)cc1.[C-]#[N+]c1ccc(-c2nc(CN)cs2)cc1.[C-]#[N+]c1ccc(-c2nc(CN=[N+]=[N-])cs2)cc1.[C-]#[N+]c1ccc(C(N)=O)cc1.[C-]#[N+]c1ccc(C(N)=S)cc1. The molecule has 36 heteroatoms. The summed E-state index contributed by atoms with van der Waals surface area (Å²) in [5.74, 6) is 0.577. The maximum Gasteiger partial charge on any atom is 0.248 e. The van der Waals surface area contributed by atoms with Gasteiger partial charge in [-0.25, -0.2) is 54.0 Å². The number of aryl methyl sites for hydroxylation is 2. The van der Waals surface area contributed by atoms with Crippen LogP contribution in [0.2, 0.25) is 8.67 Å². The second kappa shape index (κ2) is 52.8. The first-order valence-electron chi connectivity index (χ1n) is 35.9. The number of amidine groups is 1. The highest BCUT2D eigenvalue weighted by atomic mass is 35.5. The van der Waals surface area contributed by atoms with E-state index in [1.165, 1.54) is 46.1 Å². The normalized spacial score (nSPS) is 9.79. The van der Waals surface area contributed by atoms with Gasteiger partial charge in [0.25, 0.3) is 0 Å². The number of carbonyl (C=O) groups excluding carboxylic acids is 4. The first-order chi connectivity index (χ1) is 59.9. The largest absolute Gasteiger partial charge is 0.389 e. The predicted molar refractivity (Wildman–Crippen MR) is 514 cm³/mol. The number of carbonyl (C=O) groups is 4. The van der Waals surface area contributed by atoms with Crippen LogP contribution in [-0.2, 0) is 36.6 Å². The fraction of sp³-hybridized carbons (Fsp3) is 0.125. The van der Waals surface area contributed by atoms with Crippen LogP contribution in [-0.4, -0.2) is 89.8 Å². The molecule has 622 valence electrons. The first-order valence-corrected chi connectivity index (χ1v) is 44.7. The van der Waals surface area contributed by atoms with Crippen molar-refractivity contribution < 1.29 is 19.2 Å². The number of alkyl halides is 3. The van der Waals surface area contributed by atoms with Crippen molar-refractivity contribution in [3.63, 3.8) is 0 Å². The Hall–Kier alpha value is -12.4. The molecule has 0 fully saturated rings. The molecule has 7 aromatic heterocycles. The van der Waals surface area contributed by atoms with Crippen LogP contribution >= 0.6 is 150 Å². The van der Waals surface area contributed by atoms with Crippen molar-refractivity contribution in [2.24, 2.45) is 22.3 Å². The number of benzene rings is 7. The van der Waals surface area contributed by atoms with Gasteiger partial charge < -0.3 is 22.1 Å². The summed E-state index contributed by atoms with van der Waals surface area (Å²) in [5.41, 5.74) is 39.2. The number of azide groups is 1. The minimum atomic E-state index is -0.471. The van der Waals surface area contributed by atoms with Crippen LogP contribution in [0.5, 0.6) is 0 Å². The lowest BCUT2D eigenvalue weighted by atomic mass is 10.1. The van der Waals surface area contributed by atoms with E-state index in [1.54, 1.807) is 159 Å². The Kier molecular flexibility index (Phi) is 42.0. The van der Waals surface area contributed by atoms with Crippen molar-refractivity contribution in [3.8, 4) is 52.9 Å². The number of amides is 1. The molecule has 0 atom stereocenters. The first kappa shape index (κ1) is 98.7. The van der Waals surface area contributed by atoms with Gasteiger partial charge in [-0.2, -0.15) is 0 Å². The molecule has 0 aliphatic carbocycles. The van der Waals surface area contributed by atoms with Gasteiger partial charge in [-0.05, 0) is 42.6 Å². The molecule has 7 N–H and O–H groups in total. The van der Waals surface area contributed by atoms with E-state index < -0.39 is 5.91 Å². The van der Waals surface area contributed by atoms with E-state index in [-0.39, 0.29) is 35.7 Å². The number of thiophene rings is 2. The number of hydrogen-bond donors (Lipinski definition) is 4. The maximum absolute atomic E-state index is 12.2. The molecule has 0 saturated heterocycles. The molecule has 0 radical (unpaired) electrons. The van der Waals surface area contributed by atoms with E-state index in [9.17, 15) is 19.2 Å². The van der Waals surface area contributed by atoms with Crippen molar-refractivity contribution in [1.82, 2.24) is 29.8 Å². The predicted octanol–water partition coefficient (Wildman–Crippen LogP) is 26.5. The number of hydrogen-bond acceptors (Lipinski definition) is 20. The molecule has 23 nitrogen and oxygen atoms in total. The number of nitrogens with one attached hydrogen (secondary N) is 1. The Bertz CT molecular complexity index is 6050. The minimum Gasteiger partial charge on any atom is -0.389 e. The number of halogens is 5. The zero-order valence-corrected chi connectivity index (χ0v) is 75.8. The Labute approximate surface area is 774 Å². The molecule has 0 unspecified atom stereocenters. The number of thiocarbonyl (C=S) groups is 1. The van der Waals surface area contributed by atoms with Crippen LogP contribution in [0.25, 0.3) is 92.4 Å². The molecule has 7 heterocycles. The summed E-state index contributed by atoms with van der Waals surface area (Å²) in [6, 6.07) is 57.4. The van der Waals surface area contributed by atoms with Crippen molar-refractivity contribution in [2.75, 3.05) is 25.9 Å². The summed E-state index contributed by atoms with van der Waals surface area (Å²) in [6.45, 7) is 41.6. The van der Waals surface area contributed by atoms with E-state index in [0.717, 1.165) is 92.5 Å². The minimum absolute atomic E-state index is 0.0312. The number of aromatic nitrogens is 5. The summed E-state index contributed by atoms with van der Waals surface area (Å²) in [5, 5.41) is 25.8. The lowest BCUT2D eigenvalue weighted by molar-refractivity contribution is -0.114. The third-order valence-electron chi connectivity index (χ3n) is 16.0. The van der Waals surface area contributed by atoms with Crippen molar-refractivity contribution in [1.29, 1.82) is 5.41 Å². The van der Waals surface area contributed by atoms with Crippen LogP contribution in [0, 0.1) is 44.8 Å². The Morgan fingerprint density at radius 2 is 0.726 bits per heavy atom. The molecule has 124 heavy (non-hydrogen) atoms. The molecule has 14 aromatic rings. The van der Waals surface area contributed by atoms with Crippen LogP contribution < -0.4 is 17.2 Å². The van der Waals surface area contributed by atoms with Crippen molar-refractivity contribution >= 4 is 218 Å². The van der Waals surface area contributed by atoms with E-state index in [2.05, 4.69) is 64.0 Å². The number of rotatable bonds is 22. The standard InChI is InChI=1S/C19H18ClN3OS2.C17H11ClN2OS2.C11H7ClN2S.C11H7N5S.C11H9N3S.C8H6N2O.C8H6N2S.C3H4Cl2O/c1-23(2)18(21)12-3-5-13(6-4-12)19-22-14(11-25-19)7-8-15(24)16-9-10-17(20)26-16;1-19-12-4-2-11(3-5-12)17-20-13(10-22-17)6-7-14(21)15-8-9-16(18)23-15;1-13-9-4-2-8(3-5-9)11-14-10(6-12)7-15-11;1-13-9-4-2-8(3-5-9)11-15-10(7-17-11)6-14-16-12;1-13-9-4-2-8(3-5-9)11-14-10(6-12)7-15-11;2*1-10-7-4-2-6(3-5-7)8(9)11;4-1-3(6)2-5/h3-6,9-11,21H,7-8H2,1-2H3;2-5,8-10H,6-7H2;2-5,7H,6H2;2-5,7H,6H2;2-5,7H,6,12H2;2*2-5H,(H2,9,11);1-2H2. The summed E-state index contributed by atoms with van der Waals surface area (Å²) in [7, 11) is 3.71. The fourth-order valence-electron chi connectivity index (χ4n) is 9.60. The molecule has 0 bridgehead atoms. The molecule has 0 aliphatic rings. The zero-order valence-electron chi connectivity index (χ0n) is 65.5. The average Bonchev–Trinajstić information content (AvgIpc) is 1.69. The summed E-state index contributed by atoms with van der Waals surface area (Å²) in [4.78, 5) is 93.0. The fourth-order valence-corrected chi connectivity index (χ4v) is 16.5. The number of primary amides is 1. The molecule has 1 amide bonds. The number of Topliss-reactive ketones (excluding diaryl/α,β-unsaturated/α-hetero) is 3. The van der Waals surface area contributed by atoms with Gasteiger partial charge in [0.05, 0.1) is 111 Å². The van der Waals surface area contributed by atoms with Gasteiger partial charge in [0.1, 0.15) is 35.9 Å². The number of nitrogens with two attached hydrogens (primary N) is 3. The van der Waals surface area contributed by atoms with Gasteiger partial charge in [-0.3, -0.25) is 24.6 Å². The van der Waals surface area contributed by atoms with Gasteiger partial charge in [-0.1, -0.05) is 210 Å². The average molecular weight is 1890 g/mol. The Balaban J connectivity index is 0.000000200.